The lowest BCUT2D eigenvalue weighted by atomic mass is 9.99. The molecule has 0 spiro atoms. The fourth-order valence-corrected chi connectivity index (χ4v) is 3.55. The van der Waals surface area contributed by atoms with Gasteiger partial charge in [0.2, 0.25) is 0 Å². The fourth-order valence-electron chi connectivity index (χ4n) is 3.55. The quantitative estimate of drug-likeness (QED) is 0.368. The standard InChI is InChI=1S/C21H17N2O2/c1-3-22-20-10-8-15(17-7-5-4-6-14(17)2)12-18(20)19-13-16(23(24)25)9-11-21(19)22/h4-5,7-13H,3H2,1-2H3. The van der Waals surface area contributed by atoms with Crippen LogP contribution in [0.4, 0.5) is 5.69 Å². The molecule has 0 N–H and O–H groups in total. The van der Waals surface area contributed by atoms with Gasteiger partial charge in [0.1, 0.15) is 0 Å². The lowest BCUT2D eigenvalue weighted by Gasteiger charge is -2.07. The number of benzene rings is 3. The zero-order chi connectivity index (χ0) is 17.6. The molecule has 0 fully saturated rings. The molecule has 4 heteroatoms. The second-order valence-corrected chi connectivity index (χ2v) is 6.14. The molecule has 0 atom stereocenters. The van der Waals surface area contributed by atoms with Crippen LogP contribution in [0.2, 0.25) is 0 Å². The van der Waals surface area contributed by atoms with Crippen LogP contribution in [0.1, 0.15) is 12.5 Å². The summed E-state index contributed by atoms with van der Waals surface area (Å²) in [6.45, 7) is 4.94. The van der Waals surface area contributed by atoms with Crippen molar-refractivity contribution >= 4 is 27.5 Å². The third-order valence-corrected chi connectivity index (χ3v) is 4.75. The Bertz CT molecular complexity index is 1130. The molecule has 25 heavy (non-hydrogen) atoms. The molecule has 4 aromatic rings. The van der Waals surface area contributed by atoms with Gasteiger partial charge in [-0.25, -0.2) is 0 Å². The van der Waals surface area contributed by atoms with E-state index >= 15 is 0 Å². The van der Waals surface area contributed by atoms with Crippen molar-refractivity contribution in [2.45, 2.75) is 20.4 Å². The Morgan fingerprint density at radius 3 is 2.48 bits per heavy atom. The summed E-state index contributed by atoms with van der Waals surface area (Å²) >= 11 is 0. The molecule has 3 aromatic carbocycles. The van der Waals surface area contributed by atoms with Crippen LogP contribution in [0.3, 0.4) is 0 Å². The Hall–Kier alpha value is -3.14. The summed E-state index contributed by atoms with van der Waals surface area (Å²) < 4.78 is 2.20. The van der Waals surface area contributed by atoms with Crippen LogP contribution in [-0.4, -0.2) is 9.49 Å². The first kappa shape index (κ1) is 15.4. The summed E-state index contributed by atoms with van der Waals surface area (Å²) in [6.07, 6.45) is 0. The molecule has 1 radical (unpaired) electrons. The minimum absolute atomic E-state index is 0.122. The summed E-state index contributed by atoms with van der Waals surface area (Å²) in [7, 11) is 0. The lowest BCUT2D eigenvalue weighted by molar-refractivity contribution is -0.384. The second kappa shape index (κ2) is 5.74. The summed E-state index contributed by atoms with van der Waals surface area (Å²) in [5, 5.41) is 13.1. The fraction of sp³-hybridized carbons (Fsp3) is 0.143. The minimum atomic E-state index is -0.339. The Balaban J connectivity index is 2.06. The smallest absolute Gasteiger partial charge is 0.270 e. The SMILES string of the molecule is CCn1c2ccc(-c3ccc[c]c3C)cc2c2cc([N+](=O)[O-])ccc21. The number of fused-ring (bicyclic) bond motifs is 3. The maximum atomic E-state index is 11.2. The van der Waals surface area contributed by atoms with Crippen LogP contribution in [-0.2, 0) is 6.54 Å². The van der Waals surface area contributed by atoms with Gasteiger partial charge in [0, 0.05) is 40.5 Å². The Morgan fingerprint density at radius 2 is 1.80 bits per heavy atom. The molecule has 4 nitrogen and oxygen atoms in total. The molecule has 0 amide bonds. The van der Waals surface area contributed by atoms with Crippen LogP contribution in [0.5, 0.6) is 0 Å². The monoisotopic (exact) mass is 329 g/mol. The predicted octanol–water partition coefficient (Wildman–Crippen LogP) is 5.50. The number of nitro groups is 1. The van der Waals surface area contributed by atoms with E-state index in [1.165, 1.54) is 0 Å². The number of hydrogen-bond donors (Lipinski definition) is 0. The average molecular weight is 329 g/mol. The number of nitrogens with zero attached hydrogens (tertiary/aromatic N) is 2. The van der Waals surface area contributed by atoms with Gasteiger partial charge in [-0.3, -0.25) is 10.1 Å². The van der Waals surface area contributed by atoms with E-state index in [0.717, 1.165) is 45.0 Å². The van der Waals surface area contributed by atoms with Gasteiger partial charge in [0.15, 0.2) is 0 Å². The van der Waals surface area contributed by atoms with E-state index in [1.807, 2.05) is 25.1 Å². The number of aryl methyl sites for hydroxylation is 2. The zero-order valence-electron chi connectivity index (χ0n) is 14.1. The van der Waals surface area contributed by atoms with E-state index in [9.17, 15) is 10.1 Å². The predicted molar refractivity (Wildman–Crippen MR) is 101 cm³/mol. The highest BCUT2D eigenvalue weighted by Crippen LogP contribution is 2.35. The van der Waals surface area contributed by atoms with Crippen LogP contribution >= 0.6 is 0 Å². The van der Waals surface area contributed by atoms with Crippen LogP contribution in [0.15, 0.2) is 54.6 Å². The van der Waals surface area contributed by atoms with Gasteiger partial charge in [-0.15, -0.1) is 0 Å². The summed E-state index contributed by atoms with van der Waals surface area (Å²) in [5.41, 5.74) is 5.57. The first-order valence-electron chi connectivity index (χ1n) is 8.28. The lowest BCUT2D eigenvalue weighted by Crippen LogP contribution is -1.93. The van der Waals surface area contributed by atoms with Crippen molar-refractivity contribution in [3.63, 3.8) is 0 Å². The summed E-state index contributed by atoms with van der Waals surface area (Å²) in [5.74, 6) is 0. The molecule has 0 saturated carbocycles. The highest BCUT2D eigenvalue weighted by Gasteiger charge is 2.15. The van der Waals surface area contributed by atoms with Crippen molar-refractivity contribution in [1.29, 1.82) is 0 Å². The van der Waals surface area contributed by atoms with Gasteiger partial charge < -0.3 is 4.57 Å². The normalized spacial score (nSPS) is 11.3. The molecule has 0 unspecified atom stereocenters. The molecule has 0 aliphatic heterocycles. The van der Waals surface area contributed by atoms with E-state index in [0.29, 0.717) is 0 Å². The molecular formula is C21H17N2O2. The number of aromatic nitrogens is 1. The van der Waals surface area contributed by atoms with E-state index in [1.54, 1.807) is 12.1 Å². The Morgan fingerprint density at radius 1 is 1.08 bits per heavy atom. The van der Waals surface area contributed by atoms with Crippen molar-refractivity contribution in [2.24, 2.45) is 0 Å². The number of hydrogen-bond acceptors (Lipinski definition) is 2. The summed E-state index contributed by atoms with van der Waals surface area (Å²) in [6, 6.07) is 20.6. The molecular weight excluding hydrogens is 312 g/mol. The molecule has 123 valence electrons. The van der Waals surface area contributed by atoms with Crippen molar-refractivity contribution < 1.29 is 4.92 Å². The van der Waals surface area contributed by atoms with Crippen molar-refractivity contribution in [1.82, 2.24) is 4.57 Å². The van der Waals surface area contributed by atoms with E-state index in [-0.39, 0.29) is 10.6 Å². The van der Waals surface area contributed by atoms with Crippen molar-refractivity contribution in [3.05, 3.63) is 76.3 Å². The first-order valence-corrected chi connectivity index (χ1v) is 8.28. The van der Waals surface area contributed by atoms with Crippen LogP contribution < -0.4 is 0 Å². The van der Waals surface area contributed by atoms with Crippen LogP contribution in [0, 0.1) is 23.1 Å². The molecule has 1 heterocycles. The van der Waals surface area contributed by atoms with Gasteiger partial charge in [0.05, 0.1) is 4.92 Å². The second-order valence-electron chi connectivity index (χ2n) is 6.14. The third-order valence-electron chi connectivity index (χ3n) is 4.75. The maximum Gasteiger partial charge on any atom is 0.270 e. The zero-order valence-corrected chi connectivity index (χ0v) is 14.1. The van der Waals surface area contributed by atoms with Gasteiger partial charge >= 0.3 is 0 Å². The van der Waals surface area contributed by atoms with E-state index in [4.69, 9.17) is 0 Å². The number of nitro benzene ring substituents is 1. The van der Waals surface area contributed by atoms with Gasteiger partial charge in [-0.1, -0.05) is 24.3 Å². The molecule has 1 aromatic heterocycles. The number of non-ortho nitro benzene ring substituents is 1. The molecule has 0 aliphatic rings. The highest BCUT2D eigenvalue weighted by molar-refractivity contribution is 6.10. The first-order chi connectivity index (χ1) is 12.1. The molecule has 0 saturated heterocycles. The van der Waals surface area contributed by atoms with Crippen molar-refractivity contribution in [3.8, 4) is 11.1 Å². The van der Waals surface area contributed by atoms with E-state index in [2.05, 4.69) is 41.8 Å². The molecule has 4 rings (SSSR count). The van der Waals surface area contributed by atoms with Crippen molar-refractivity contribution in [2.75, 3.05) is 0 Å². The minimum Gasteiger partial charge on any atom is -0.341 e. The van der Waals surface area contributed by atoms with Gasteiger partial charge in [0.25, 0.3) is 5.69 Å². The molecule has 0 aliphatic carbocycles. The Labute approximate surface area is 145 Å². The Kier molecular flexibility index (Phi) is 3.53. The van der Waals surface area contributed by atoms with E-state index < -0.39 is 0 Å². The number of rotatable bonds is 3. The average Bonchev–Trinajstić information content (AvgIpc) is 2.94. The maximum absolute atomic E-state index is 11.2. The van der Waals surface area contributed by atoms with Gasteiger partial charge in [-0.2, -0.15) is 0 Å². The topological polar surface area (TPSA) is 48.1 Å². The van der Waals surface area contributed by atoms with Crippen LogP contribution in [0.25, 0.3) is 32.9 Å². The highest BCUT2D eigenvalue weighted by atomic mass is 16.6. The largest absolute Gasteiger partial charge is 0.341 e. The third kappa shape index (κ3) is 2.38. The van der Waals surface area contributed by atoms with Gasteiger partial charge in [-0.05, 0) is 54.8 Å². The molecule has 0 bridgehead atoms. The summed E-state index contributed by atoms with van der Waals surface area (Å²) in [4.78, 5) is 10.8.